The molecule has 2 aromatic rings. The van der Waals surface area contributed by atoms with Crippen LogP contribution in [0.25, 0.3) is 5.57 Å². The third-order valence-electron chi connectivity index (χ3n) is 4.45. The molecule has 0 aliphatic heterocycles. The van der Waals surface area contributed by atoms with Gasteiger partial charge in [0, 0.05) is 27.5 Å². The molecule has 0 spiro atoms. The minimum absolute atomic E-state index is 0.0548. The number of nitrogens with two attached hydrogens (primary N) is 1. The number of urea groups is 1. The Kier molecular flexibility index (Phi) is 6.29. The first-order chi connectivity index (χ1) is 13.0. The Morgan fingerprint density at radius 2 is 2.11 bits per heavy atom. The van der Waals surface area contributed by atoms with Crippen molar-refractivity contribution in [2.24, 2.45) is 0 Å². The van der Waals surface area contributed by atoms with Crippen molar-refractivity contribution < 1.29 is 9.53 Å². The van der Waals surface area contributed by atoms with E-state index in [9.17, 15) is 4.79 Å². The molecule has 0 aromatic heterocycles. The summed E-state index contributed by atoms with van der Waals surface area (Å²) in [6.45, 7) is 0. The lowest BCUT2D eigenvalue weighted by atomic mass is 9.90. The predicted molar refractivity (Wildman–Crippen MR) is 114 cm³/mol. The van der Waals surface area contributed by atoms with E-state index in [0.29, 0.717) is 16.5 Å². The summed E-state index contributed by atoms with van der Waals surface area (Å²) >= 11 is 9.59. The first kappa shape index (κ1) is 19.6. The Balaban J connectivity index is 1.68. The number of carbonyl (C=O) groups excluding carboxylic acids is 1. The number of ether oxygens (including phenoxy) is 1. The number of amides is 2. The monoisotopic (exact) mass is 449 g/mol. The number of hydrogen-bond acceptors (Lipinski definition) is 3. The molecule has 0 bridgehead atoms. The number of halogens is 2. The van der Waals surface area contributed by atoms with Crippen LogP contribution in [0.3, 0.4) is 0 Å². The minimum Gasteiger partial charge on any atom is -0.495 e. The fourth-order valence-corrected chi connectivity index (χ4v) is 3.77. The molecule has 2 aromatic carbocycles. The van der Waals surface area contributed by atoms with Crippen LogP contribution in [0, 0.1) is 0 Å². The van der Waals surface area contributed by atoms with Crippen molar-refractivity contribution in [2.75, 3.05) is 18.2 Å². The van der Waals surface area contributed by atoms with Crippen molar-refractivity contribution in [3.05, 3.63) is 57.5 Å². The Labute approximate surface area is 172 Å². The molecule has 0 saturated carbocycles. The second kappa shape index (κ2) is 8.67. The van der Waals surface area contributed by atoms with Crippen LogP contribution in [0.4, 0.5) is 16.2 Å². The van der Waals surface area contributed by atoms with E-state index in [1.807, 2.05) is 18.2 Å². The molecule has 0 saturated heterocycles. The van der Waals surface area contributed by atoms with E-state index in [4.69, 9.17) is 22.1 Å². The van der Waals surface area contributed by atoms with Gasteiger partial charge in [0.15, 0.2) is 0 Å². The summed E-state index contributed by atoms with van der Waals surface area (Å²) in [5.74, 6) is 0.564. The van der Waals surface area contributed by atoms with E-state index in [2.05, 4.69) is 32.6 Å². The smallest absolute Gasteiger partial charge is 0.319 e. The van der Waals surface area contributed by atoms with Crippen LogP contribution in [0.15, 0.2) is 46.9 Å². The number of allylic oxidation sites excluding steroid dienone is 1. The van der Waals surface area contributed by atoms with E-state index in [1.165, 1.54) is 0 Å². The lowest BCUT2D eigenvalue weighted by Crippen LogP contribution is -2.37. The van der Waals surface area contributed by atoms with Gasteiger partial charge in [0.1, 0.15) is 5.75 Å². The van der Waals surface area contributed by atoms with Crippen molar-refractivity contribution in [3.63, 3.8) is 0 Å². The zero-order chi connectivity index (χ0) is 19.4. The average molecular weight is 451 g/mol. The summed E-state index contributed by atoms with van der Waals surface area (Å²) in [6, 6.07) is 10.6. The van der Waals surface area contributed by atoms with Gasteiger partial charge in [-0.25, -0.2) is 4.79 Å². The Hall–Kier alpha value is -2.18. The lowest BCUT2D eigenvalue weighted by Gasteiger charge is -2.23. The van der Waals surface area contributed by atoms with Gasteiger partial charge in [-0.1, -0.05) is 33.6 Å². The highest BCUT2D eigenvalue weighted by molar-refractivity contribution is 9.10. The number of anilines is 2. The molecule has 1 atom stereocenters. The molecule has 3 rings (SSSR count). The topological polar surface area (TPSA) is 76.4 Å². The first-order valence-electron chi connectivity index (χ1n) is 8.63. The normalized spacial score (nSPS) is 16.4. The van der Waals surface area contributed by atoms with E-state index >= 15 is 0 Å². The zero-order valence-electron chi connectivity index (χ0n) is 14.9. The van der Waals surface area contributed by atoms with Gasteiger partial charge in [-0.3, -0.25) is 0 Å². The van der Waals surface area contributed by atoms with Crippen LogP contribution in [0.1, 0.15) is 24.8 Å². The minimum atomic E-state index is -0.277. The summed E-state index contributed by atoms with van der Waals surface area (Å²) in [5, 5.41) is 6.25. The summed E-state index contributed by atoms with van der Waals surface area (Å²) in [6.07, 6.45) is 4.89. The highest BCUT2D eigenvalue weighted by atomic mass is 79.9. The largest absolute Gasteiger partial charge is 0.495 e. The molecule has 27 heavy (non-hydrogen) atoms. The van der Waals surface area contributed by atoms with E-state index < -0.39 is 0 Å². The molecular formula is C20H21BrClN3O2. The second-order valence-electron chi connectivity index (χ2n) is 6.37. The number of carbonyl (C=O) groups is 1. The van der Waals surface area contributed by atoms with Crippen LogP contribution in [0.5, 0.6) is 5.75 Å². The zero-order valence-corrected chi connectivity index (χ0v) is 17.2. The van der Waals surface area contributed by atoms with Crippen LogP contribution in [-0.2, 0) is 0 Å². The van der Waals surface area contributed by atoms with Gasteiger partial charge < -0.3 is 21.1 Å². The fraction of sp³-hybridized carbons (Fsp3) is 0.250. The van der Waals surface area contributed by atoms with Gasteiger partial charge >= 0.3 is 6.03 Å². The number of nitrogen functional groups attached to an aromatic ring is 1. The average Bonchev–Trinajstić information content (AvgIpc) is 2.64. The molecule has 7 heteroatoms. The molecule has 1 aliphatic carbocycles. The van der Waals surface area contributed by atoms with E-state index in [1.54, 1.807) is 25.3 Å². The Bertz CT molecular complexity index is 886. The summed E-state index contributed by atoms with van der Waals surface area (Å²) in [4.78, 5) is 12.4. The molecule has 0 fully saturated rings. The first-order valence-corrected chi connectivity index (χ1v) is 9.80. The molecule has 4 N–H and O–H groups in total. The molecule has 0 heterocycles. The predicted octanol–water partition coefficient (Wildman–Crippen LogP) is 5.45. The summed E-state index contributed by atoms with van der Waals surface area (Å²) in [5.41, 5.74) is 9.63. The number of rotatable bonds is 4. The third-order valence-corrected chi connectivity index (χ3v) is 5.24. The molecule has 1 aliphatic rings. The number of methoxy groups -OCH3 is 1. The van der Waals surface area contributed by atoms with Gasteiger partial charge in [-0.15, -0.1) is 0 Å². The molecule has 0 radical (unpaired) electrons. The van der Waals surface area contributed by atoms with Crippen LogP contribution in [0.2, 0.25) is 5.02 Å². The third kappa shape index (κ3) is 4.96. The Morgan fingerprint density at radius 1 is 1.30 bits per heavy atom. The van der Waals surface area contributed by atoms with Crippen molar-refractivity contribution in [1.29, 1.82) is 0 Å². The van der Waals surface area contributed by atoms with Crippen molar-refractivity contribution in [2.45, 2.75) is 25.3 Å². The van der Waals surface area contributed by atoms with Gasteiger partial charge in [0.05, 0.1) is 12.1 Å². The number of nitrogens with one attached hydrogen (secondary N) is 2. The van der Waals surface area contributed by atoms with Gasteiger partial charge in [0.25, 0.3) is 0 Å². The van der Waals surface area contributed by atoms with Gasteiger partial charge in [-0.2, -0.15) is 0 Å². The van der Waals surface area contributed by atoms with Gasteiger partial charge in [0.2, 0.25) is 0 Å². The van der Waals surface area contributed by atoms with Crippen LogP contribution < -0.4 is 21.1 Å². The molecule has 2 amide bonds. The molecule has 142 valence electrons. The maximum atomic E-state index is 12.4. The quantitative estimate of drug-likeness (QED) is 0.542. The van der Waals surface area contributed by atoms with E-state index in [0.717, 1.165) is 40.6 Å². The SMILES string of the molecule is COc1ccc(NC(=O)NC2C=C(c3cc(Br)ccc3N)CCC2)cc1Cl. The molecule has 5 nitrogen and oxygen atoms in total. The van der Waals surface area contributed by atoms with Crippen LogP contribution >= 0.6 is 27.5 Å². The standard InChI is InChI=1S/C20H21BrClN3O2/c1-27-19-8-6-15(11-17(19)22)25-20(26)24-14-4-2-3-12(9-14)16-10-13(21)5-7-18(16)23/h5-11,14H,2-4,23H2,1H3,(H2,24,25,26). The van der Waals surface area contributed by atoms with Crippen molar-refractivity contribution in [3.8, 4) is 5.75 Å². The van der Waals surface area contributed by atoms with Crippen molar-refractivity contribution in [1.82, 2.24) is 5.32 Å². The molecular weight excluding hydrogens is 430 g/mol. The maximum Gasteiger partial charge on any atom is 0.319 e. The summed E-state index contributed by atoms with van der Waals surface area (Å²) < 4.78 is 6.10. The lowest BCUT2D eigenvalue weighted by molar-refractivity contribution is 0.249. The second-order valence-corrected chi connectivity index (χ2v) is 7.69. The van der Waals surface area contributed by atoms with Crippen LogP contribution in [-0.4, -0.2) is 19.2 Å². The van der Waals surface area contributed by atoms with Gasteiger partial charge in [-0.05, 0) is 61.2 Å². The highest BCUT2D eigenvalue weighted by Crippen LogP contribution is 2.32. The fourth-order valence-electron chi connectivity index (χ4n) is 3.15. The number of hydrogen-bond donors (Lipinski definition) is 3. The number of benzene rings is 2. The van der Waals surface area contributed by atoms with E-state index in [-0.39, 0.29) is 12.1 Å². The van der Waals surface area contributed by atoms with Crippen molar-refractivity contribution >= 4 is 50.5 Å². The summed E-state index contributed by atoms with van der Waals surface area (Å²) in [7, 11) is 1.55. The maximum absolute atomic E-state index is 12.4. The Morgan fingerprint density at radius 3 is 2.85 bits per heavy atom. The molecule has 1 unspecified atom stereocenters. The highest BCUT2D eigenvalue weighted by Gasteiger charge is 2.18.